The highest BCUT2D eigenvalue weighted by atomic mass is 16.5. The maximum atomic E-state index is 13.1. The quantitative estimate of drug-likeness (QED) is 0.605. The number of rotatable bonds is 6. The molecule has 8 nitrogen and oxygen atoms in total. The topological polar surface area (TPSA) is 113 Å². The van der Waals surface area contributed by atoms with Gasteiger partial charge in [-0.3, -0.25) is 14.6 Å². The number of ether oxygens (including phenoxy) is 1. The number of nitrogens with zero attached hydrogens (tertiary/aromatic N) is 2. The third-order valence-electron chi connectivity index (χ3n) is 4.89. The molecule has 1 aromatic carbocycles. The van der Waals surface area contributed by atoms with E-state index in [0.717, 1.165) is 5.56 Å². The van der Waals surface area contributed by atoms with Crippen LogP contribution in [0.5, 0.6) is 11.5 Å². The van der Waals surface area contributed by atoms with E-state index in [0.29, 0.717) is 5.56 Å². The molecular formula is C22H18N2O6. The number of benzene rings is 1. The van der Waals surface area contributed by atoms with Crippen molar-refractivity contribution in [1.29, 1.82) is 0 Å². The molecule has 152 valence electrons. The molecule has 0 unspecified atom stereocenters. The Labute approximate surface area is 171 Å². The van der Waals surface area contributed by atoms with Crippen LogP contribution < -0.4 is 4.74 Å². The molecular weight excluding hydrogens is 388 g/mol. The smallest absolute Gasteiger partial charge is 0.290 e. The number of pyridine rings is 1. The first kappa shape index (κ1) is 19.3. The van der Waals surface area contributed by atoms with E-state index >= 15 is 0 Å². The van der Waals surface area contributed by atoms with Gasteiger partial charge in [0.25, 0.3) is 5.91 Å². The van der Waals surface area contributed by atoms with E-state index in [2.05, 4.69) is 4.98 Å². The van der Waals surface area contributed by atoms with Gasteiger partial charge in [-0.25, -0.2) is 0 Å². The summed E-state index contributed by atoms with van der Waals surface area (Å²) in [6.45, 7) is 0.111. The number of phenols is 1. The van der Waals surface area contributed by atoms with Crippen LogP contribution in [-0.2, 0) is 11.3 Å². The van der Waals surface area contributed by atoms with Gasteiger partial charge in [0.1, 0.15) is 0 Å². The van der Waals surface area contributed by atoms with Crippen molar-refractivity contribution in [2.24, 2.45) is 0 Å². The average molecular weight is 406 g/mol. The molecule has 0 saturated heterocycles. The van der Waals surface area contributed by atoms with Gasteiger partial charge >= 0.3 is 0 Å². The number of ketones is 1. The van der Waals surface area contributed by atoms with Crippen molar-refractivity contribution in [3.05, 3.63) is 89.3 Å². The van der Waals surface area contributed by atoms with E-state index in [-0.39, 0.29) is 29.4 Å². The molecule has 0 aliphatic carbocycles. The van der Waals surface area contributed by atoms with Gasteiger partial charge in [-0.05, 0) is 41.5 Å². The van der Waals surface area contributed by atoms with E-state index in [9.17, 15) is 19.8 Å². The molecule has 2 N–H and O–H groups in total. The van der Waals surface area contributed by atoms with Crippen LogP contribution in [0.15, 0.2) is 76.9 Å². The number of aromatic hydroxyl groups is 1. The van der Waals surface area contributed by atoms with Crippen LogP contribution in [0.25, 0.3) is 0 Å². The molecule has 30 heavy (non-hydrogen) atoms. The number of amides is 1. The van der Waals surface area contributed by atoms with Crippen LogP contribution in [0, 0.1) is 0 Å². The Balaban J connectivity index is 1.83. The van der Waals surface area contributed by atoms with Gasteiger partial charge in [0.05, 0.1) is 25.0 Å². The third kappa shape index (κ3) is 3.28. The minimum atomic E-state index is -0.912. The number of carbonyl (C=O) groups is 2. The Kier molecular flexibility index (Phi) is 4.97. The van der Waals surface area contributed by atoms with Crippen molar-refractivity contribution in [2.75, 3.05) is 7.11 Å². The second-order valence-electron chi connectivity index (χ2n) is 6.70. The summed E-state index contributed by atoms with van der Waals surface area (Å²) >= 11 is 0. The lowest BCUT2D eigenvalue weighted by atomic mass is 9.94. The van der Waals surface area contributed by atoms with E-state index in [1.165, 1.54) is 36.5 Å². The van der Waals surface area contributed by atoms with E-state index < -0.39 is 23.5 Å². The highest BCUT2D eigenvalue weighted by molar-refractivity contribution is 6.15. The second kappa shape index (κ2) is 7.75. The number of carbonyl (C=O) groups excluding carboxylic acids is 2. The van der Waals surface area contributed by atoms with Gasteiger partial charge in [-0.2, -0.15) is 0 Å². The van der Waals surface area contributed by atoms with Crippen LogP contribution in [-0.4, -0.2) is 38.9 Å². The standard InChI is InChI=1S/C22H18N2O6/c1-29-17-10-14(6-7-15(17)25)19-18(20(26)16-5-3-9-30-16)21(27)22(28)24(19)12-13-4-2-8-23-11-13/h2-11,19,25,27H,12H2,1H3/t19-/m0/s1. The number of aliphatic hydroxyl groups excluding tert-OH is 1. The monoisotopic (exact) mass is 406 g/mol. The molecule has 3 aromatic rings. The van der Waals surface area contributed by atoms with Crippen molar-refractivity contribution < 1.29 is 29.0 Å². The Morgan fingerprint density at radius 3 is 2.73 bits per heavy atom. The molecule has 1 aliphatic heterocycles. The number of aliphatic hydroxyl groups is 1. The molecule has 0 spiro atoms. The first-order chi connectivity index (χ1) is 14.5. The van der Waals surface area contributed by atoms with Crippen molar-refractivity contribution >= 4 is 11.7 Å². The number of furan rings is 1. The highest BCUT2D eigenvalue weighted by Crippen LogP contribution is 2.42. The molecule has 0 radical (unpaired) electrons. The number of phenolic OH excluding ortho intramolecular Hbond substituents is 1. The zero-order valence-corrected chi connectivity index (χ0v) is 16.0. The fourth-order valence-corrected chi connectivity index (χ4v) is 3.49. The van der Waals surface area contributed by atoms with Crippen LogP contribution in [0.2, 0.25) is 0 Å². The molecule has 0 bridgehead atoms. The normalized spacial score (nSPS) is 16.2. The molecule has 1 aliphatic rings. The number of aromatic nitrogens is 1. The summed E-state index contributed by atoms with van der Waals surface area (Å²) in [5.41, 5.74) is 1.11. The van der Waals surface area contributed by atoms with Gasteiger partial charge in [-0.15, -0.1) is 0 Å². The molecule has 4 rings (SSSR count). The molecule has 3 heterocycles. The molecule has 1 atom stereocenters. The number of hydrogen-bond acceptors (Lipinski definition) is 7. The molecule has 0 saturated carbocycles. The first-order valence-corrected chi connectivity index (χ1v) is 9.09. The van der Waals surface area contributed by atoms with Gasteiger partial charge < -0.3 is 24.3 Å². The van der Waals surface area contributed by atoms with Gasteiger partial charge in [-0.1, -0.05) is 12.1 Å². The number of Topliss-reactive ketones (excluding diaryl/α,β-unsaturated/α-hetero) is 1. The zero-order valence-electron chi connectivity index (χ0n) is 16.0. The first-order valence-electron chi connectivity index (χ1n) is 9.09. The summed E-state index contributed by atoms with van der Waals surface area (Å²) in [4.78, 5) is 31.4. The van der Waals surface area contributed by atoms with Gasteiger partial charge in [0.2, 0.25) is 5.78 Å². The highest BCUT2D eigenvalue weighted by Gasteiger charge is 2.44. The van der Waals surface area contributed by atoms with Crippen LogP contribution in [0.1, 0.15) is 27.7 Å². The third-order valence-corrected chi connectivity index (χ3v) is 4.89. The zero-order chi connectivity index (χ0) is 21.3. The van der Waals surface area contributed by atoms with E-state index in [1.807, 2.05) is 0 Å². The summed E-state index contributed by atoms with van der Waals surface area (Å²) in [5.74, 6) is -1.84. The maximum absolute atomic E-state index is 13.1. The summed E-state index contributed by atoms with van der Waals surface area (Å²) in [7, 11) is 1.40. The maximum Gasteiger partial charge on any atom is 0.290 e. The Bertz CT molecular complexity index is 1120. The van der Waals surface area contributed by atoms with Crippen LogP contribution in [0.3, 0.4) is 0 Å². The summed E-state index contributed by atoms with van der Waals surface area (Å²) in [6.07, 6.45) is 4.55. The lowest BCUT2D eigenvalue weighted by Gasteiger charge is -2.27. The summed E-state index contributed by atoms with van der Waals surface area (Å²) < 4.78 is 10.4. The second-order valence-corrected chi connectivity index (χ2v) is 6.70. The Morgan fingerprint density at radius 2 is 2.07 bits per heavy atom. The lowest BCUT2D eigenvalue weighted by Crippen LogP contribution is -2.30. The summed E-state index contributed by atoms with van der Waals surface area (Å²) in [5, 5.41) is 20.6. The molecule has 1 amide bonds. The minimum Gasteiger partial charge on any atom is -0.504 e. The van der Waals surface area contributed by atoms with Crippen molar-refractivity contribution in [3.63, 3.8) is 0 Å². The van der Waals surface area contributed by atoms with E-state index in [4.69, 9.17) is 9.15 Å². The van der Waals surface area contributed by atoms with Gasteiger partial charge in [0, 0.05) is 18.9 Å². The Morgan fingerprint density at radius 1 is 1.23 bits per heavy atom. The molecule has 8 heteroatoms. The van der Waals surface area contributed by atoms with Crippen molar-refractivity contribution in [2.45, 2.75) is 12.6 Å². The minimum absolute atomic E-state index is 0.00308. The number of hydrogen-bond donors (Lipinski definition) is 2. The predicted molar refractivity (Wildman–Crippen MR) is 105 cm³/mol. The average Bonchev–Trinajstić information content (AvgIpc) is 3.38. The fourth-order valence-electron chi connectivity index (χ4n) is 3.49. The van der Waals surface area contributed by atoms with Crippen molar-refractivity contribution in [3.8, 4) is 11.5 Å². The predicted octanol–water partition coefficient (Wildman–Crippen LogP) is 3.17. The molecule has 0 fully saturated rings. The molecule has 2 aromatic heterocycles. The lowest BCUT2D eigenvalue weighted by molar-refractivity contribution is -0.130. The number of methoxy groups -OCH3 is 1. The van der Waals surface area contributed by atoms with Crippen molar-refractivity contribution in [1.82, 2.24) is 9.88 Å². The Hall–Kier alpha value is -4.07. The van der Waals surface area contributed by atoms with E-state index in [1.54, 1.807) is 36.7 Å². The summed E-state index contributed by atoms with van der Waals surface area (Å²) in [6, 6.07) is 10.1. The van der Waals surface area contributed by atoms with Crippen LogP contribution in [0.4, 0.5) is 0 Å². The SMILES string of the molecule is COc1cc([C@H]2C(C(=O)c3ccco3)=C(O)C(=O)N2Cc2cccnc2)ccc1O. The van der Waals surface area contributed by atoms with Gasteiger partial charge in [0.15, 0.2) is 23.0 Å². The van der Waals surface area contributed by atoms with Crippen LogP contribution >= 0.6 is 0 Å². The fraction of sp³-hybridized carbons (Fsp3) is 0.136. The largest absolute Gasteiger partial charge is 0.504 e.